The lowest BCUT2D eigenvalue weighted by molar-refractivity contribution is 0.585. The van der Waals surface area contributed by atoms with E-state index in [1.165, 1.54) is 17.8 Å². The number of nitriles is 1. The highest BCUT2D eigenvalue weighted by Crippen LogP contribution is 2.30. The molecule has 108 valence electrons. The van der Waals surface area contributed by atoms with Gasteiger partial charge in [0.15, 0.2) is 10.3 Å². The number of nitrogens with zero attached hydrogens (tertiary/aromatic N) is 3. The first-order valence-corrected chi connectivity index (χ1v) is 7.49. The maximum Gasteiger partial charge on any atom is 0.189 e. The second kappa shape index (κ2) is 6.83. The minimum atomic E-state index is -0.798. The molecule has 0 fully saturated rings. The molecule has 0 unspecified atom stereocenters. The van der Waals surface area contributed by atoms with E-state index < -0.39 is 11.6 Å². The van der Waals surface area contributed by atoms with Gasteiger partial charge in [0.25, 0.3) is 0 Å². The van der Waals surface area contributed by atoms with Crippen LogP contribution in [0.25, 0.3) is 11.3 Å². The molecule has 1 aromatic heterocycles. The normalized spacial score (nSPS) is 10.4. The SMILES string of the molecule is CCCSc1nc(Cl)c(C#N)c(-c2ccc(F)cc2F)n1. The van der Waals surface area contributed by atoms with Crippen LogP contribution in [0.15, 0.2) is 23.4 Å². The highest BCUT2D eigenvalue weighted by molar-refractivity contribution is 7.99. The molecule has 0 bridgehead atoms. The van der Waals surface area contributed by atoms with Gasteiger partial charge in [-0.15, -0.1) is 0 Å². The zero-order valence-electron chi connectivity index (χ0n) is 11.0. The quantitative estimate of drug-likeness (QED) is 0.473. The van der Waals surface area contributed by atoms with E-state index in [2.05, 4.69) is 9.97 Å². The number of hydrogen-bond donors (Lipinski definition) is 0. The van der Waals surface area contributed by atoms with Crippen molar-refractivity contribution in [3.63, 3.8) is 0 Å². The Bertz CT molecular complexity index is 716. The van der Waals surface area contributed by atoms with Gasteiger partial charge in [-0.2, -0.15) is 5.26 Å². The minimum absolute atomic E-state index is 0.0237. The largest absolute Gasteiger partial charge is 0.221 e. The third-order valence-electron chi connectivity index (χ3n) is 2.58. The molecule has 0 atom stereocenters. The predicted molar refractivity (Wildman–Crippen MR) is 78.1 cm³/mol. The fourth-order valence-corrected chi connectivity index (χ4v) is 2.61. The first kappa shape index (κ1) is 15.7. The Kier molecular flexibility index (Phi) is 5.10. The molecule has 0 aliphatic heterocycles. The van der Waals surface area contributed by atoms with Gasteiger partial charge in [-0.05, 0) is 18.6 Å². The molecule has 7 heteroatoms. The van der Waals surface area contributed by atoms with Crippen LogP contribution >= 0.6 is 23.4 Å². The van der Waals surface area contributed by atoms with Crippen molar-refractivity contribution in [2.75, 3.05) is 5.75 Å². The highest BCUT2D eigenvalue weighted by atomic mass is 35.5. The van der Waals surface area contributed by atoms with Crippen LogP contribution in [0.4, 0.5) is 8.78 Å². The number of hydrogen-bond acceptors (Lipinski definition) is 4. The van der Waals surface area contributed by atoms with Gasteiger partial charge in [0, 0.05) is 17.4 Å². The molecule has 0 N–H and O–H groups in total. The smallest absolute Gasteiger partial charge is 0.189 e. The maximum absolute atomic E-state index is 13.9. The molecular weight excluding hydrogens is 316 g/mol. The summed E-state index contributed by atoms with van der Waals surface area (Å²) in [6.07, 6.45) is 0.909. The number of aromatic nitrogens is 2. The van der Waals surface area contributed by atoms with Crippen LogP contribution in [0.3, 0.4) is 0 Å². The molecular formula is C14H10ClF2N3S. The van der Waals surface area contributed by atoms with Crippen molar-refractivity contribution < 1.29 is 8.78 Å². The lowest BCUT2D eigenvalue weighted by Crippen LogP contribution is -1.99. The Hall–Kier alpha value is -1.71. The van der Waals surface area contributed by atoms with Crippen LogP contribution in [0.2, 0.25) is 5.15 Å². The van der Waals surface area contributed by atoms with Crippen molar-refractivity contribution in [1.82, 2.24) is 9.97 Å². The van der Waals surface area contributed by atoms with Crippen molar-refractivity contribution in [3.8, 4) is 17.3 Å². The lowest BCUT2D eigenvalue weighted by Gasteiger charge is -2.08. The molecule has 21 heavy (non-hydrogen) atoms. The van der Waals surface area contributed by atoms with E-state index >= 15 is 0 Å². The van der Waals surface area contributed by atoms with E-state index in [1.807, 2.05) is 13.0 Å². The average Bonchev–Trinajstić information content (AvgIpc) is 2.44. The Morgan fingerprint density at radius 3 is 2.71 bits per heavy atom. The Morgan fingerprint density at radius 2 is 2.10 bits per heavy atom. The lowest BCUT2D eigenvalue weighted by atomic mass is 10.1. The van der Waals surface area contributed by atoms with E-state index in [4.69, 9.17) is 16.9 Å². The average molecular weight is 326 g/mol. The molecule has 0 aliphatic carbocycles. The van der Waals surface area contributed by atoms with E-state index in [0.29, 0.717) is 5.16 Å². The molecule has 2 aromatic rings. The van der Waals surface area contributed by atoms with Gasteiger partial charge in [-0.1, -0.05) is 30.3 Å². The molecule has 0 saturated heterocycles. The van der Waals surface area contributed by atoms with Crippen LogP contribution < -0.4 is 0 Å². The van der Waals surface area contributed by atoms with Crippen LogP contribution in [0.1, 0.15) is 18.9 Å². The summed E-state index contributed by atoms with van der Waals surface area (Å²) in [5, 5.41) is 9.48. The molecule has 2 rings (SSSR count). The van der Waals surface area contributed by atoms with Gasteiger partial charge in [0.2, 0.25) is 0 Å². The summed E-state index contributed by atoms with van der Waals surface area (Å²) in [4.78, 5) is 8.20. The fraction of sp³-hybridized carbons (Fsp3) is 0.214. The Morgan fingerprint density at radius 1 is 1.33 bits per heavy atom. The first-order valence-electron chi connectivity index (χ1n) is 6.12. The number of thioether (sulfide) groups is 1. The van der Waals surface area contributed by atoms with Crippen molar-refractivity contribution >= 4 is 23.4 Å². The van der Waals surface area contributed by atoms with E-state index in [1.54, 1.807) is 0 Å². The van der Waals surface area contributed by atoms with Gasteiger partial charge in [0.1, 0.15) is 23.3 Å². The molecule has 0 spiro atoms. The van der Waals surface area contributed by atoms with Gasteiger partial charge in [0.05, 0.1) is 5.69 Å². The number of rotatable bonds is 4. The molecule has 0 saturated carbocycles. The zero-order valence-corrected chi connectivity index (χ0v) is 12.6. The zero-order chi connectivity index (χ0) is 15.4. The molecule has 0 amide bonds. The summed E-state index contributed by atoms with van der Waals surface area (Å²) in [5.74, 6) is -0.726. The van der Waals surface area contributed by atoms with E-state index in [9.17, 15) is 8.78 Å². The Balaban J connectivity index is 2.60. The molecule has 3 nitrogen and oxygen atoms in total. The summed E-state index contributed by atoms with van der Waals surface area (Å²) in [6.45, 7) is 2.00. The summed E-state index contributed by atoms with van der Waals surface area (Å²) < 4.78 is 26.9. The van der Waals surface area contributed by atoms with Crippen molar-refractivity contribution in [1.29, 1.82) is 5.26 Å². The maximum atomic E-state index is 13.9. The number of halogens is 3. The van der Waals surface area contributed by atoms with Crippen molar-refractivity contribution in [2.45, 2.75) is 18.5 Å². The Labute approximate surface area is 130 Å². The van der Waals surface area contributed by atoms with Crippen molar-refractivity contribution in [2.24, 2.45) is 0 Å². The van der Waals surface area contributed by atoms with Crippen LogP contribution in [0, 0.1) is 23.0 Å². The standard InChI is InChI=1S/C14H10ClF2N3S/c1-2-5-21-14-19-12(10(7-18)13(15)20-14)9-4-3-8(16)6-11(9)17/h3-4,6H,2,5H2,1H3. The summed E-state index contributed by atoms with van der Waals surface area (Å²) in [6, 6.07) is 4.94. The van der Waals surface area contributed by atoms with Gasteiger partial charge < -0.3 is 0 Å². The monoisotopic (exact) mass is 325 g/mol. The van der Waals surface area contributed by atoms with Crippen LogP contribution in [-0.4, -0.2) is 15.7 Å². The van der Waals surface area contributed by atoms with E-state index in [0.717, 1.165) is 24.3 Å². The molecule has 0 aliphatic rings. The van der Waals surface area contributed by atoms with Crippen molar-refractivity contribution in [3.05, 3.63) is 40.6 Å². The minimum Gasteiger partial charge on any atom is -0.221 e. The molecule has 1 heterocycles. The van der Waals surface area contributed by atoms with Gasteiger partial charge in [-0.25, -0.2) is 18.7 Å². The third-order valence-corrected chi connectivity index (χ3v) is 3.90. The summed E-state index contributed by atoms with van der Waals surface area (Å²) >= 11 is 7.32. The van der Waals surface area contributed by atoms with Gasteiger partial charge in [-0.3, -0.25) is 0 Å². The fourth-order valence-electron chi connectivity index (χ4n) is 1.65. The second-order valence-electron chi connectivity index (χ2n) is 4.11. The molecule has 1 aromatic carbocycles. The summed E-state index contributed by atoms with van der Waals surface area (Å²) in [5.41, 5.74) is 0.0761. The summed E-state index contributed by atoms with van der Waals surface area (Å²) in [7, 11) is 0. The highest BCUT2D eigenvalue weighted by Gasteiger charge is 2.18. The van der Waals surface area contributed by atoms with E-state index in [-0.39, 0.29) is 22.0 Å². The molecule has 0 radical (unpaired) electrons. The third kappa shape index (κ3) is 3.49. The van der Waals surface area contributed by atoms with Crippen LogP contribution in [-0.2, 0) is 0 Å². The van der Waals surface area contributed by atoms with Gasteiger partial charge >= 0.3 is 0 Å². The van der Waals surface area contributed by atoms with Crippen LogP contribution in [0.5, 0.6) is 0 Å². The second-order valence-corrected chi connectivity index (χ2v) is 5.53. The predicted octanol–water partition coefficient (Wildman–Crippen LogP) is 4.45. The first-order chi connectivity index (χ1) is 10.1. The topological polar surface area (TPSA) is 49.6 Å². The number of benzene rings is 1.